The van der Waals surface area contributed by atoms with Gasteiger partial charge >= 0.3 is 0 Å². The molecule has 5 heteroatoms. The smallest absolute Gasteiger partial charge is 0.224 e. The zero-order chi connectivity index (χ0) is 15.2. The third-order valence-electron chi connectivity index (χ3n) is 3.35. The number of amides is 1. The Bertz CT molecular complexity index is 601. The molecule has 1 aromatic carbocycles. The zero-order valence-corrected chi connectivity index (χ0v) is 12.6. The van der Waals surface area contributed by atoms with Gasteiger partial charge in [0.05, 0.1) is 5.69 Å². The van der Waals surface area contributed by atoms with Crippen LogP contribution in [0.2, 0.25) is 0 Å². The minimum Gasteiger partial charge on any atom is -0.326 e. The highest BCUT2D eigenvalue weighted by Crippen LogP contribution is 2.10. The Kier molecular flexibility index (Phi) is 5.11. The number of hydrogen-bond donors (Lipinski definition) is 2. The number of nitrogens with one attached hydrogen (secondary N) is 1. The van der Waals surface area contributed by atoms with E-state index in [0.29, 0.717) is 13.0 Å². The zero-order valence-electron chi connectivity index (χ0n) is 12.6. The lowest BCUT2D eigenvalue weighted by Gasteiger charge is -2.07. The van der Waals surface area contributed by atoms with Crippen LogP contribution in [0.3, 0.4) is 0 Å². The van der Waals surface area contributed by atoms with E-state index in [-0.39, 0.29) is 5.91 Å². The second-order valence-corrected chi connectivity index (χ2v) is 5.20. The third kappa shape index (κ3) is 4.43. The van der Waals surface area contributed by atoms with Crippen LogP contribution in [0, 0.1) is 13.8 Å². The summed E-state index contributed by atoms with van der Waals surface area (Å²) in [5.41, 5.74) is 9.54. The number of anilines is 1. The molecule has 0 aliphatic heterocycles. The van der Waals surface area contributed by atoms with E-state index in [0.717, 1.165) is 35.6 Å². The Hall–Kier alpha value is -2.14. The van der Waals surface area contributed by atoms with Crippen molar-refractivity contribution in [2.45, 2.75) is 39.8 Å². The van der Waals surface area contributed by atoms with Crippen LogP contribution in [0.4, 0.5) is 5.69 Å². The van der Waals surface area contributed by atoms with Crippen LogP contribution in [0.5, 0.6) is 0 Å². The summed E-state index contributed by atoms with van der Waals surface area (Å²) in [6, 6.07) is 9.64. The number of carbonyl (C=O) groups excluding carboxylic acids is 1. The van der Waals surface area contributed by atoms with Crippen molar-refractivity contribution >= 4 is 11.6 Å². The molecule has 0 aliphatic carbocycles. The summed E-state index contributed by atoms with van der Waals surface area (Å²) in [5, 5.41) is 7.27. The molecule has 0 saturated heterocycles. The molecule has 0 aliphatic rings. The van der Waals surface area contributed by atoms with Gasteiger partial charge in [0.25, 0.3) is 0 Å². The van der Waals surface area contributed by atoms with Gasteiger partial charge in [-0.15, -0.1) is 0 Å². The summed E-state index contributed by atoms with van der Waals surface area (Å²) in [6.45, 7) is 5.27. The molecule has 5 nitrogen and oxygen atoms in total. The minimum atomic E-state index is 0.0250. The van der Waals surface area contributed by atoms with E-state index in [4.69, 9.17) is 5.73 Å². The van der Waals surface area contributed by atoms with Crippen LogP contribution in [0.15, 0.2) is 30.3 Å². The molecule has 0 unspecified atom stereocenters. The van der Waals surface area contributed by atoms with E-state index >= 15 is 0 Å². The van der Waals surface area contributed by atoms with E-state index in [1.54, 1.807) is 0 Å². The molecule has 3 N–H and O–H groups in total. The third-order valence-corrected chi connectivity index (χ3v) is 3.35. The van der Waals surface area contributed by atoms with E-state index in [1.807, 2.05) is 48.9 Å². The number of benzene rings is 1. The van der Waals surface area contributed by atoms with Crippen molar-refractivity contribution in [3.05, 3.63) is 47.3 Å². The Labute approximate surface area is 125 Å². The summed E-state index contributed by atoms with van der Waals surface area (Å²) in [7, 11) is 0. The van der Waals surface area contributed by atoms with Crippen LogP contribution < -0.4 is 11.1 Å². The predicted molar refractivity (Wildman–Crippen MR) is 83.9 cm³/mol. The number of aromatic nitrogens is 2. The Morgan fingerprint density at radius 2 is 2.00 bits per heavy atom. The average Bonchev–Trinajstić information content (AvgIpc) is 2.78. The van der Waals surface area contributed by atoms with Crippen LogP contribution in [-0.4, -0.2) is 15.7 Å². The van der Waals surface area contributed by atoms with Gasteiger partial charge in [0, 0.05) is 30.9 Å². The van der Waals surface area contributed by atoms with Crippen molar-refractivity contribution in [3.63, 3.8) is 0 Å². The van der Waals surface area contributed by atoms with Gasteiger partial charge in [-0.25, -0.2) is 0 Å². The second-order valence-electron chi connectivity index (χ2n) is 5.20. The van der Waals surface area contributed by atoms with Gasteiger partial charge in [-0.05, 0) is 44.0 Å². The normalized spacial score (nSPS) is 10.6. The summed E-state index contributed by atoms with van der Waals surface area (Å²) >= 11 is 0. The lowest BCUT2D eigenvalue weighted by Crippen LogP contribution is -2.13. The largest absolute Gasteiger partial charge is 0.326 e. The molecular weight excluding hydrogens is 264 g/mol. The molecule has 1 amide bonds. The predicted octanol–water partition coefficient (Wildman–Crippen LogP) is 2.38. The van der Waals surface area contributed by atoms with Crippen molar-refractivity contribution in [2.75, 3.05) is 5.32 Å². The standard InChI is InChI=1S/C16H22N4O/c1-12-10-13(2)20(19-12)9-3-4-16(21)18-15-7-5-14(11-17)6-8-15/h5-8,10H,3-4,9,11,17H2,1-2H3,(H,18,21). The fourth-order valence-electron chi connectivity index (χ4n) is 2.24. The molecule has 2 aromatic rings. The average molecular weight is 286 g/mol. The molecular formula is C16H22N4O. The first-order valence-corrected chi connectivity index (χ1v) is 7.18. The van der Waals surface area contributed by atoms with Crippen molar-refractivity contribution in [3.8, 4) is 0 Å². The number of nitrogens with zero attached hydrogens (tertiary/aromatic N) is 2. The second kappa shape index (κ2) is 7.04. The highest BCUT2D eigenvalue weighted by atomic mass is 16.1. The number of carbonyl (C=O) groups is 1. The first-order valence-electron chi connectivity index (χ1n) is 7.18. The topological polar surface area (TPSA) is 72.9 Å². The van der Waals surface area contributed by atoms with Gasteiger partial charge in [-0.1, -0.05) is 12.1 Å². The summed E-state index contributed by atoms with van der Waals surface area (Å²) in [5.74, 6) is 0.0250. The monoisotopic (exact) mass is 286 g/mol. The molecule has 0 spiro atoms. The summed E-state index contributed by atoms with van der Waals surface area (Å²) in [6.07, 6.45) is 1.26. The van der Waals surface area contributed by atoms with Crippen LogP contribution in [0.25, 0.3) is 0 Å². The number of rotatable bonds is 6. The molecule has 2 rings (SSSR count). The van der Waals surface area contributed by atoms with Gasteiger partial charge in [0.15, 0.2) is 0 Å². The van der Waals surface area contributed by atoms with Gasteiger partial charge < -0.3 is 11.1 Å². The molecule has 0 atom stereocenters. The molecule has 21 heavy (non-hydrogen) atoms. The fraction of sp³-hybridized carbons (Fsp3) is 0.375. The molecule has 112 valence electrons. The number of aryl methyl sites for hydroxylation is 3. The highest BCUT2D eigenvalue weighted by Gasteiger charge is 2.05. The van der Waals surface area contributed by atoms with Gasteiger partial charge in [-0.3, -0.25) is 9.48 Å². The maximum Gasteiger partial charge on any atom is 0.224 e. The summed E-state index contributed by atoms with van der Waals surface area (Å²) in [4.78, 5) is 11.9. The van der Waals surface area contributed by atoms with Gasteiger partial charge in [0.2, 0.25) is 5.91 Å². The maximum atomic E-state index is 11.9. The van der Waals surface area contributed by atoms with Crippen molar-refractivity contribution in [1.29, 1.82) is 0 Å². The van der Waals surface area contributed by atoms with E-state index in [1.165, 1.54) is 0 Å². The number of nitrogens with two attached hydrogens (primary N) is 1. The fourth-order valence-corrected chi connectivity index (χ4v) is 2.24. The van der Waals surface area contributed by atoms with E-state index in [2.05, 4.69) is 10.4 Å². The van der Waals surface area contributed by atoms with E-state index in [9.17, 15) is 4.79 Å². The SMILES string of the molecule is Cc1cc(C)n(CCCC(=O)Nc2ccc(CN)cc2)n1. The molecule has 0 saturated carbocycles. The first kappa shape index (κ1) is 15.3. The summed E-state index contributed by atoms with van der Waals surface area (Å²) < 4.78 is 1.94. The lowest BCUT2D eigenvalue weighted by molar-refractivity contribution is -0.116. The molecule has 1 aromatic heterocycles. The van der Waals surface area contributed by atoms with E-state index < -0.39 is 0 Å². The number of hydrogen-bond acceptors (Lipinski definition) is 3. The Morgan fingerprint density at radius 1 is 1.29 bits per heavy atom. The Balaban J connectivity index is 1.78. The lowest BCUT2D eigenvalue weighted by atomic mass is 10.2. The van der Waals surface area contributed by atoms with Crippen LogP contribution in [-0.2, 0) is 17.9 Å². The molecule has 0 radical (unpaired) electrons. The van der Waals surface area contributed by atoms with Crippen LogP contribution in [0.1, 0.15) is 29.8 Å². The molecule has 0 bridgehead atoms. The Morgan fingerprint density at radius 3 is 2.57 bits per heavy atom. The highest BCUT2D eigenvalue weighted by molar-refractivity contribution is 5.90. The first-order chi connectivity index (χ1) is 10.1. The van der Waals surface area contributed by atoms with Gasteiger partial charge in [-0.2, -0.15) is 5.10 Å². The quantitative estimate of drug-likeness (QED) is 0.856. The van der Waals surface area contributed by atoms with Crippen LogP contribution >= 0.6 is 0 Å². The minimum absolute atomic E-state index is 0.0250. The van der Waals surface area contributed by atoms with Gasteiger partial charge in [0.1, 0.15) is 0 Å². The molecule has 0 fully saturated rings. The maximum absolute atomic E-state index is 11.9. The van der Waals surface area contributed by atoms with Crippen molar-refractivity contribution in [2.24, 2.45) is 5.73 Å². The molecule has 1 heterocycles. The van der Waals surface area contributed by atoms with Crippen molar-refractivity contribution in [1.82, 2.24) is 9.78 Å². The van der Waals surface area contributed by atoms with Crippen molar-refractivity contribution < 1.29 is 4.79 Å².